The number of amides is 1. The number of fused-ring (bicyclic) bond motifs is 3. The predicted molar refractivity (Wildman–Crippen MR) is 114 cm³/mol. The fourth-order valence-corrected chi connectivity index (χ4v) is 4.77. The molecule has 0 aliphatic heterocycles. The van der Waals surface area contributed by atoms with Crippen molar-refractivity contribution in [1.29, 1.82) is 0 Å². The van der Waals surface area contributed by atoms with E-state index in [9.17, 15) is 9.59 Å². The zero-order chi connectivity index (χ0) is 20.4. The van der Waals surface area contributed by atoms with Crippen molar-refractivity contribution in [3.8, 4) is 5.75 Å². The molecule has 29 heavy (non-hydrogen) atoms. The number of benzene rings is 1. The van der Waals surface area contributed by atoms with Crippen molar-refractivity contribution in [3.05, 3.63) is 57.0 Å². The summed E-state index contributed by atoms with van der Waals surface area (Å²) in [6.45, 7) is 1.67. The second kappa shape index (κ2) is 8.16. The van der Waals surface area contributed by atoms with Crippen molar-refractivity contribution in [1.82, 2.24) is 15.0 Å². The lowest BCUT2D eigenvalue weighted by Gasteiger charge is -2.14. The molecular formula is C21H22N4O3S. The first kappa shape index (κ1) is 19.3. The number of hydrazone groups is 1. The maximum Gasteiger partial charge on any atom is 0.263 e. The van der Waals surface area contributed by atoms with Gasteiger partial charge in [0.2, 0.25) is 0 Å². The van der Waals surface area contributed by atoms with Crippen LogP contribution in [0, 0.1) is 0 Å². The molecule has 2 heterocycles. The van der Waals surface area contributed by atoms with E-state index in [2.05, 4.69) is 15.5 Å². The molecule has 2 aromatic heterocycles. The van der Waals surface area contributed by atoms with E-state index in [1.54, 1.807) is 31.4 Å². The third-order valence-corrected chi connectivity index (χ3v) is 6.38. The molecule has 1 aliphatic carbocycles. The smallest absolute Gasteiger partial charge is 0.263 e. The lowest BCUT2D eigenvalue weighted by molar-refractivity contribution is -0.123. The van der Waals surface area contributed by atoms with Crippen LogP contribution in [-0.2, 0) is 17.6 Å². The van der Waals surface area contributed by atoms with Gasteiger partial charge in [0.1, 0.15) is 16.6 Å². The third-order valence-electron chi connectivity index (χ3n) is 5.18. The Morgan fingerprint density at radius 1 is 1.38 bits per heavy atom. The van der Waals surface area contributed by atoms with Gasteiger partial charge in [-0.1, -0.05) is 12.1 Å². The Bertz CT molecular complexity index is 1150. The van der Waals surface area contributed by atoms with Crippen LogP contribution in [-0.4, -0.2) is 28.8 Å². The van der Waals surface area contributed by atoms with Gasteiger partial charge in [0.05, 0.1) is 25.0 Å². The zero-order valence-corrected chi connectivity index (χ0v) is 17.2. The highest BCUT2D eigenvalue weighted by Gasteiger charge is 2.23. The number of rotatable bonds is 5. The zero-order valence-electron chi connectivity index (χ0n) is 16.3. The number of nitrogens with zero attached hydrogens (tertiary/aromatic N) is 3. The Morgan fingerprint density at radius 3 is 3.03 bits per heavy atom. The fraction of sp³-hybridized carbons (Fsp3) is 0.333. The van der Waals surface area contributed by atoms with Crippen molar-refractivity contribution < 1.29 is 9.53 Å². The highest BCUT2D eigenvalue weighted by Crippen LogP contribution is 2.33. The number of hydrogen-bond donors (Lipinski definition) is 1. The maximum atomic E-state index is 13.1. The summed E-state index contributed by atoms with van der Waals surface area (Å²) in [5.41, 5.74) is 4.26. The van der Waals surface area contributed by atoms with Crippen LogP contribution >= 0.6 is 11.3 Å². The van der Waals surface area contributed by atoms with Gasteiger partial charge >= 0.3 is 0 Å². The standard InChI is InChI=1S/C21H22N4O3S/c1-13(19(26)24-23-11-14-6-5-7-15(10-14)28-2)25-12-22-20-18(21(25)27)16-8-3-4-9-17(16)29-20/h5-7,10-13H,3-4,8-9H2,1-2H3,(H,24,26)/t13-/m0/s1. The number of carbonyl (C=O) groups is 1. The minimum Gasteiger partial charge on any atom is -0.497 e. The molecule has 4 rings (SSSR count). The van der Waals surface area contributed by atoms with E-state index in [0.29, 0.717) is 11.1 Å². The van der Waals surface area contributed by atoms with Crippen LogP contribution in [0.2, 0.25) is 0 Å². The molecular weight excluding hydrogens is 388 g/mol. The van der Waals surface area contributed by atoms with Crippen molar-refractivity contribution >= 4 is 33.7 Å². The summed E-state index contributed by atoms with van der Waals surface area (Å²) < 4.78 is 6.56. The van der Waals surface area contributed by atoms with Gasteiger partial charge in [0, 0.05) is 4.88 Å². The van der Waals surface area contributed by atoms with Crippen molar-refractivity contribution in [2.45, 2.75) is 38.6 Å². The summed E-state index contributed by atoms with van der Waals surface area (Å²) >= 11 is 1.60. The summed E-state index contributed by atoms with van der Waals surface area (Å²) in [6.07, 6.45) is 7.14. The predicted octanol–water partition coefficient (Wildman–Crippen LogP) is 3.06. The highest BCUT2D eigenvalue weighted by molar-refractivity contribution is 7.18. The molecule has 1 aliphatic rings. The van der Waals surface area contributed by atoms with Gasteiger partial charge < -0.3 is 4.74 Å². The molecule has 0 bridgehead atoms. The number of nitrogens with one attached hydrogen (secondary N) is 1. The highest BCUT2D eigenvalue weighted by atomic mass is 32.1. The molecule has 0 saturated carbocycles. The molecule has 0 fully saturated rings. The average Bonchev–Trinajstić information content (AvgIpc) is 3.13. The second-order valence-electron chi connectivity index (χ2n) is 7.03. The summed E-state index contributed by atoms with van der Waals surface area (Å²) in [5, 5.41) is 4.67. The van der Waals surface area contributed by atoms with Gasteiger partial charge in [-0.3, -0.25) is 14.2 Å². The maximum absolute atomic E-state index is 13.1. The summed E-state index contributed by atoms with van der Waals surface area (Å²) in [6, 6.07) is 6.61. The topological polar surface area (TPSA) is 85.6 Å². The number of aromatic nitrogens is 2. The van der Waals surface area contributed by atoms with E-state index in [-0.39, 0.29) is 11.5 Å². The number of aryl methyl sites for hydroxylation is 2. The van der Waals surface area contributed by atoms with Crippen molar-refractivity contribution in [3.63, 3.8) is 0 Å². The quantitative estimate of drug-likeness (QED) is 0.517. The summed E-state index contributed by atoms with van der Waals surface area (Å²) in [4.78, 5) is 32.1. The minimum atomic E-state index is -0.721. The van der Waals surface area contributed by atoms with Gasteiger partial charge in [-0.15, -0.1) is 11.3 Å². The molecule has 0 saturated heterocycles. The third kappa shape index (κ3) is 3.80. The van der Waals surface area contributed by atoms with Gasteiger partial charge in [-0.25, -0.2) is 10.4 Å². The largest absolute Gasteiger partial charge is 0.497 e. The number of hydrogen-bond acceptors (Lipinski definition) is 6. The van der Waals surface area contributed by atoms with Crippen LogP contribution < -0.4 is 15.7 Å². The number of carbonyl (C=O) groups excluding carboxylic acids is 1. The molecule has 3 aromatic rings. The summed E-state index contributed by atoms with van der Waals surface area (Å²) in [5.74, 6) is 0.329. The van der Waals surface area contributed by atoms with Gasteiger partial charge in [-0.2, -0.15) is 5.10 Å². The average molecular weight is 410 g/mol. The Kier molecular flexibility index (Phi) is 5.44. The number of methoxy groups -OCH3 is 1. The van der Waals surface area contributed by atoms with Crippen LogP contribution in [0.3, 0.4) is 0 Å². The second-order valence-corrected chi connectivity index (χ2v) is 8.12. The van der Waals surface area contributed by atoms with E-state index < -0.39 is 6.04 Å². The first-order valence-corrected chi connectivity index (χ1v) is 10.4. The van der Waals surface area contributed by atoms with Crippen LogP contribution in [0.4, 0.5) is 0 Å². The first-order valence-electron chi connectivity index (χ1n) is 9.57. The molecule has 1 aromatic carbocycles. The van der Waals surface area contributed by atoms with E-state index in [4.69, 9.17) is 4.74 Å². The molecule has 0 unspecified atom stereocenters. The fourth-order valence-electron chi connectivity index (χ4n) is 3.55. The lowest BCUT2D eigenvalue weighted by atomic mass is 9.97. The van der Waals surface area contributed by atoms with E-state index in [0.717, 1.165) is 41.6 Å². The lowest BCUT2D eigenvalue weighted by Crippen LogP contribution is -2.34. The molecule has 8 heteroatoms. The van der Waals surface area contributed by atoms with E-state index in [1.165, 1.54) is 22.0 Å². The van der Waals surface area contributed by atoms with Crippen LogP contribution in [0.1, 0.15) is 41.8 Å². The molecule has 1 atom stereocenters. The van der Waals surface area contributed by atoms with Crippen LogP contribution in [0.5, 0.6) is 5.75 Å². The van der Waals surface area contributed by atoms with E-state index >= 15 is 0 Å². The normalized spacial score (nSPS) is 14.7. The first-order chi connectivity index (χ1) is 14.1. The molecule has 1 N–H and O–H groups in total. The van der Waals surface area contributed by atoms with Crippen molar-refractivity contribution in [2.75, 3.05) is 7.11 Å². The van der Waals surface area contributed by atoms with Crippen molar-refractivity contribution in [2.24, 2.45) is 5.10 Å². The molecule has 150 valence electrons. The molecule has 7 nitrogen and oxygen atoms in total. The molecule has 1 amide bonds. The summed E-state index contributed by atoms with van der Waals surface area (Å²) in [7, 11) is 1.59. The monoisotopic (exact) mass is 410 g/mol. The Morgan fingerprint density at radius 2 is 2.21 bits per heavy atom. The number of thiophene rings is 1. The van der Waals surface area contributed by atoms with Crippen LogP contribution in [0.25, 0.3) is 10.2 Å². The minimum absolute atomic E-state index is 0.158. The van der Waals surface area contributed by atoms with Gasteiger partial charge in [0.25, 0.3) is 11.5 Å². The Labute approximate surface area is 172 Å². The number of ether oxygens (including phenoxy) is 1. The Hall–Kier alpha value is -3.00. The Balaban J connectivity index is 1.54. The van der Waals surface area contributed by atoms with E-state index in [1.807, 2.05) is 18.2 Å². The SMILES string of the molecule is COc1cccc(C=NNC(=O)[C@H](C)n2cnc3sc4c(c3c2=O)CCCC4)c1. The van der Waals surface area contributed by atoms with Crippen LogP contribution in [0.15, 0.2) is 40.5 Å². The van der Waals surface area contributed by atoms with Gasteiger partial charge in [0.15, 0.2) is 0 Å². The molecule has 0 radical (unpaired) electrons. The molecule has 0 spiro atoms. The van der Waals surface area contributed by atoms with Gasteiger partial charge in [-0.05, 0) is 55.9 Å².